The SMILES string of the molecule is CCCC1=C(C(=O)OCC)[C@H](c2ccc(OCc3ccccc3Cl)cc2)n2ncnc2N1. The van der Waals surface area contributed by atoms with Crippen molar-refractivity contribution in [2.45, 2.75) is 39.3 Å². The first-order valence-corrected chi connectivity index (χ1v) is 11.0. The number of rotatable bonds is 8. The number of esters is 1. The van der Waals surface area contributed by atoms with E-state index in [1.165, 1.54) is 6.33 Å². The Labute approximate surface area is 192 Å². The minimum atomic E-state index is -0.438. The number of hydrogen-bond acceptors (Lipinski definition) is 6. The Morgan fingerprint density at radius 1 is 1.16 bits per heavy atom. The van der Waals surface area contributed by atoms with Crippen molar-refractivity contribution < 1.29 is 14.3 Å². The monoisotopic (exact) mass is 452 g/mol. The van der Waals surface area contributed by atoms with Crippen molar-refractivity contribution in [3.05, 3.63) is 82.3 Å². The van der Waals surface area contributed by atoms with Gasteiger partial charge in [0.25, 0.3) is 0 Å². The van der Waals surface area contributed by atoms with E-state index < -0.39 is 6.04 Å². The molecule has 0 saturated carbocycles. The molecule has 1 aromatic heterocycles. The number of hydrogen-bond donors (Lipinski definition) is 1. The van der Waals surface area contributed by atoms with E-state index in [4.69, 9.17) is 21.1 Å². The topological polar surface area (TPSA) is 78.3 Å². The van der Waals surface area contributed by atoms with Crippen LogP contribution in [0.25, 0.3) is 0 Å². The fourth-order valence-electron chi connectivity index (χ4n) is 3.74. The smallest absolute Gasteiger partial charge is 0.338 e. The summed E-state index contributed by atoms with van der Waals surface area (Å²) in [5, 5.41) is 8.29. The maximum atomic E-state index is 12.9. The van der Waals surface area contributed by atoms with Crippen LogP contribution in [-0.4, -0.2) is 27.3 Å². The second-order valence-electron chi connectivity index (χ2n) is 7.37. The highest BCUT2D eigenvalue weighted by Crippen LogP contribution is 2.37. The highest BCUT2D eigenvalue weighted by molar-refractivity contribution is 6.31. The van der Waals surface area contributed by atoms with Crippen LogP contribution in [0.2, 0.25) is 5.02 Å². The Hall–Kier alpha value is -3.32. The molecule has 1 aliphatic heterocycles. The van der Waals surface area contributed by atoms with Gasteiger partial charge in [0.2, 0.25) is 5.95 Å². The van der Waals surface area contributed by atoms with Crippen LogP contribution >= 0.6 is 11.6 Å². The van der Waals surface area contributed by atoms with Gasteiger partial charge in [-0.05, 0) is 37.1 Å². The van der Waals surface area contributed by atoms with Crippen molar-refractivity contribution in [2.75, 3.05) is 11.9 Å². The van der Waals surface area contributed by atoms with Crippen LogP contribution in [0, 0.1) is 0 Å². The molecule has 4 rings (SSSR count). The van der Waals surface area contributed by atoms with Crippen LogP contribution in [-0.2, 0) is 16.1 Å². The van der Waals surface area contributed by atoms with Gasteiger partial charge in [0, 0.05) is 16.3 Å². The van der Waals surface area contributed by atoms with Crippen LogP contribution in [0.5, 0.6) is 5.75 Å². The molecule has 1 atom stereocenters. The molecule has 1 N–H and O–H groups in total. The molecule has 32 heavy (non-hydrogen) atoms. The Morgan fingerprint density at radius 3 is 2.66 bits per heavy atom. The van der Waals surface area contributed by atoms with Crippen molar-refractivity contribution in [1.29, 1.82) is 0 Å². The summed E-state index contributed by atoms with van der Waals surface area (Å²) < 4.78 is 13.0. The third-order valence-corrected chi connectivity index (χ3v) is 5.59. The fourth-order valence-corrected chi connectivity index (χ4v) is 3.93. The van der Waals surface area contributed by atoms with Crippen molar-refractivity contribution >= 4 is 23.5 Å². The van der Waals surface area contributed by atoms with E-state index in [1.807, 2.05) is 48.5 Å². The lowest BCUT2D eigenvalue weighted by Crippen LogP contribution is -2.30. The number of anilines is 1. The summed E-state index contributed by atoms with van der Waals surface area (Å²) in [6.07, 6.45) is 3.06. The molecule has 0 radical (unpaired) electrons. The molecule has 0 bridgehead atoms. The molecule has 8 heteroatoms. The van der Waals surface area contributed by atoms with Crippen molar-refractivity contribution in [3.8, 4) is 5.75 Å². The molecule has 0 spiro atoms. The van der Waals surface area contributed by atoms with Crippen molar-refractivity contribution in [3.63, 3.8) is 0 Å². The van der Waals surface area contributed by atoms with Crippen molar-refractivity contribution in [1.82, 2.24) is 14.8 Å². The van der Waals surface area contributed by atoms with E-state index in [1.54, 1.807) is 11.6 Å². The standard InChI is InChI=1S/C24H25ClN4O3/c1-3-7-20-21(23(30)31-4-2)22(29-24(28-20)26-15-27-29)16-10-12-18(13-11-16)32-14-17-8-5-6-9-19(17)25/h5-6,8-13,15,22H,3-4,7,14H2,1-2H3,(H,26,27,28)/t22-/m0/s1. The minimum Gasteiger partial charge on any atom is -0.489 e. The van der Waals surface area contributed by atoms with Gasteiger partial charge in [-0.15, -0.1) is 0 Å². The second kappa shape index (κ2) is 9.87. The van der Waals surface area contributed by atoms with Crippen LogP contribution in [0.1, 0.15) is 43.9 Å². The van der Waals surface area contributed by atoms with Crippen LogP contribution < -0.4 is 10.1 Å². The van der Waals surface area contributed by atoms with E-state index in [0.29, 0.717) is 41.9 Å². The van der Waals surface area contributed by atoms with Crippen LogP contribution in [0.4, 0.5) is 5.95 Å². The third kappa shape index (κ3) is 4.48. The zero-order chi connectivity index (χ0) is 22.5. The summed E-state index contributed by atoms with van der Waals surface area (Å²) >= 11 is 6.21. The highest BCUT2D eigenvalue weighted by Gasteiger charge is 2.35. The Kier molecular flexibility index (Phi) is 6.75. The predicted molar refractivity (Wildman–Crippen MR) is 123 cm³/mol. The van der Waals surface area contributed by atoms with Gasteiger partial charge < -0.3 is 14.8 Å². The van der Waals surface area contributed by atoms with E-state index in [2.05, 4.69) is 22.3 Å². The molecular formula is C24H25ClN4O3. The van der Waals surface area contributed by atoms with E-state index in [0.717, 1.165) is 23.2 Å². The molecule has 2 aromatic carbocycles. The minimum absolute atomic E-state index is 0.299. The Bertz CT molecular complexity index is 1120. The number of nitrogens with zero attached hydrogens (tertiary/aromatic N) is 3. The summed E-state index contributed by atoms with van der Waals surface area (Å²) in [7, 11) is 0. The second-order valence-corrected chi connectivity index (χ2v) is 7.77. The number of allylic oxidation sites excluding steroid dienone is 1. The predicted octanol–water partition coefficient (Wildman–Crippen LogP) is 5.14. The lowest BCUT2D eigenvalue weighted by atomic mass is 9.94. The number of carbonyl (C=O) groups excluding carboxylic acids is 1. The van der Waals surface area contributed by atoms with Gasteiger partial charge in [-0.3, -0.25) is 0 Å². The molecule has 0 fully saturated rings. The third-order valence-electron chi connectivity index (χ3n) is 5.22. The van der Waals surface area contributed by atoms with E-state index in [-0.39, 0.29) is 5.97 Å². The largest absolute Gasteiger partial charge is 0.489 e. The first-order chi connectivity index (χ1) is 15.6. The molecule has 0 amide bonds. The molecular weight excluding hydrogens is 428 g/mol. The number of ether oxygens (including phenoxy) is 2. The first kappa shape index (κ1) is 21.9. The number of aromatic nitrogens is 3. The highest BCUT2D eigenvalue weighted by atomic mass is 35.5. The molecule has 1 aliphatic rings. The molecule has 7 nitrogen and oxygen atoms in total. The van der Waals surface area contributed by atoms with E-state index in [9.17, 15) is 4.79 Å². The van der Waals surface area contributed by atoms with Gasteiger partial charge in [-0.25, -0.2) is 9.48 Å². The number of halogens is 1. The summed E-state index contributed by atoms with van der Waals surface area (Å²) in [4.78, 5) is 17.2. The average molecular weight is 453 g/mol. The van der Waals surface area contributed by atoms with Gasteiger partial charge in [0.15, 0.2) is 0 Å². The fraction of sp³-hybridized carbons (Fsp3) is 0.292. The first-order valence-electron chi connectivity index (χ1n) is 10.6. The van der Waals surface area contributed by atoms with Gasteiger partial charge in [0.05, 0.1) is 12.2 Å². The molecule has 2 heterocycles. The summed E-state index contributed by atoms with van der Waals surface area (Å²) in [5.74, 6) is 0.955. The lowest BCUT2D eigenvalue weighted by molar-refractivity contribution is -0.139. The number of benzene rings is 2. The molecule has 0 unspecified atom stereocenters. The number of nitrogens with one attached hydrogen (secondary N) is 1. The summed E-state index contributed by atoms with van der Waals surface area (Å²) in [5.41, 5.74) is 3.17. The Balaban J connectivity index is 1.64. The Morgan fingerprint density at radius 2 is 1.94 bits per heavy atom. The normalized spacial score (nSPS) is 15.2. The van der Waals surface area contributed by atoms with Gasteiger partial charge >= 0.3 is 5.97 Å². The quantitative estimate of drug-likeness (QED) is 0.476. The maximum Gasteiger partial charge on any atom is 0.338 e. The summed E-state index contributed by atoms with van der Waals surface area (Å²) in [6, 6.07) is 14.8. The van der Waals surface area contributed by atoms with Gasteiger partial charge in [-0.1, -0.05) is 55.3 Å². The molecule has 0 aliphatic carbocycles. The molecule has 3 aromatic rings. The maximum absolute atomic E-state index is 12.9. The van der Waals surface area contributed by atoms with Crippen molar-refractivity contribution in [2.24, 2.45) is 0 Å². The molecule has 166 valence electrons. The number of carbonyl (C=O) groups is 1. The van der Waals surface area contributed by atoms with Crippen LogP contribution in [0.15, 0.2) is 66.1 Å². The zero-order valence-electron chi connectivity index (χ0n) is 18.0. The summed E-state index contributed by atoms with van der Waals surface area (Å²) in [6.45, 7) is 4.54. The average Bonchev–Trinajstić information content (AvgIpc) is 3.27. The number of fused-ring (bicyclic) bond motifs is 1. The van der Waals surface area contributed by atoms with Gasteiger partial charge in [-0.2, -0.15) is 10.1 Å². The molecule has 0 saturated heterocycles. The van der Waals surface area contributed by atoms with Crippen LogP contribution in [0.3, 0.4) is 0 Å². The van der Waals surface area contributed by atoms with Gasteiger partial charge in [0.1, 0.15) is 24.7 Å². The lowest BCUT2D eigenvalue weighted by Gasteiger charge is -2.29. The zero-order valence-corrected chi connectivity index (χ0v) is 18.8. The van der Waals surface area contributed by atoms with E-state index >= 15 is 0 Å².